The minimum atomic E-state index is -4.28. The van der Waals surface area contributed by atoms with Crippen LogP contribution >= 0.6 is 23.8 Å². The number of aryl methyl sites for hydroxylation is 1. The summed E-state index contributed by atoms with van der Waals surface area (Å²) in [4.78, 5) is 2.64. The van der Waals surface area contributed by atoms with Gasteiger partial charge >= 0.3 is 6.18 Å². The molecule has 2 rings (SSSR count). The van der Waals surface area contributed by atoms with Gasteiger partial charge in [0.25, 0.3) is 0 Å². The molecule has 1 aromatic heterocycles. The standard InChI is InChI=1S/C10H7ClF4N2S/c11-5-3-8-7(4-6(5)12)16-9(18)17(8)2-1-10(13,14)15/h3-4H,1-2H2,(H,16,18). The number of halogens is 5. The van der Waals surface area contributed by atoms with Crippen molar-refractivity contribution < 1.29 is 17.6 Å². The van der Waals surface area contributed by atoms with E-state index in [9.17, 15) is 17.6 Å². The smallest absolute Gasteiger partial charge is 0.330 e. The Kier molecular flexibility index (Phi) is 3.37. The molecule has 0 fully saturated rings. The molecule has 98 valence electrons. The lowest BCUT2D eigenvalue weighted by molar-refractivity contribution is -0.136. The number of imidazole rings is 1. The minimum Gasteiger partial charge on any atom is -0.330 e. The number of fused-ring (bicyclic) bond motifs is 1. The molecule has 1 heterocycles. The highest BCUT2D eigenvalue weighted by molar-refractivity contribution is 7.71. The van der Waals surface area contributed by atoms with Gasteiger partial charge in [-0.2, -0.15) is 13.2 Å². The normalized spacial score (nSPS) is 12.3. The van der Waals surface area contributed by atoms with Crippen molar-refractivity contribution in [1.29, 1.82) is 0 Å². The number of benzene rings is 1. The summed E-state index contributed by atoms with van der Waals surface area (Å²) in [5, 5.41) is -0.155. The van der Waals surface area contributed by atoms with Gasteiger partial charge in [0.2, 0.25) is 0 Å². The molecule has 0 radical (unpaired) electrons. The fraction of sp³-hybridized carbons (Fsp3) is 0.300. The second-order valence-corrected chi connectivity index (χ2v) is 4.52. The lowest BCUT2D eigenvalue weighted by Gasteiger charge is -2.08. The molecule has 2 aromatic rings. The topological polar surface area (TPSA) is 20.7 Å². The number of rotatable bonds is 2. The third kappa shape index (κ3) is 2.67. The first-order valence-electron chi connectivity index (χ1n) is 4.92. The van der Waals surface area contributed by atoms with Gasteiger partial charge in [-0.05, 0) is 18.3 Å². The van der Waals surface area contributed by atoms with Crippen molar-refractivity contribution in [3.05, 3.63) is 27.7 Å². The molecule has 0 spiro atoms. The highest BCUT2D eigenvalue weighted by Crippen LogP contribution is 2.25. The molecule has 0 aliphatic carbocycles. The summed E-state index contributed by atoms with van der Waals surface area (Å²) in [7, 11) is 0. The first-order chi connectivity index (χ1) is 8.28. The number of alkyl halides is 3. The Morgan fingerprint density at radius 2 is 2.00 bits per heavy atom. The van der Waals surface area contributed by atoms with Crippen molar-refractivity contribution in [3.8, 4) is 0 Å². The summed E-state index contributed by atoms with van der Waals surface area (Å²) < 4.78 is 51.1. The number of hydrogen-bond donors (Lipinski definition) is 1. The zero-order chi connectivity index (χ0) is 13.5. The van der Waals surface area contributed by atoms with E-state index in [0.29, 0.717) is 11.0 Å². The first kappa shape index (κ1) is 13.4. The van der Waals surface area contributed by atoms with Crippen molar-refractivity contribution in [2.75, 3.05) is 0 Å². The van der Waals surface area contributed by atoms with E-state index in [4.69, 9.17) is 23.8 Å². The summed E-state index contributed by atoms with van der Waals surface area (Å²) in [6.07, 6.45) is -5.29. The second kappa shape index (κ2) is 4.55. The Balaban J connectivity index is 2.47. The predicted molar refractivity (Wildman–Crippen MR) is 62.8 cm³/mol. The molecule has 0 bridgehead atoms. The van der Waals surface area contributed by atoms with E-state index in [1.54, 1.807) is 0 Å². The summed E-state index contributed by atoms with van der Waals surface area (Å²) in [5.74, 6) is -0.650. The van der Waals surface area contributed by atoms with Gasteiger partial charge in [0.05, 0.1) is 22.5 Å². The van der Waals surface area contributed by atoms with Crippen molar-refractivity contribution in [2.45, 2.75) is 19.1 Å². The van der Waals surface area contributed by atoms with Crippen molar-refractivity contribution in [2.24, 2.45) is 0 Å². The van der Waals surface area contributed by atoms with Crippen LogP contribution in [0.4, 0.5) is 17.6 Å². The first-order valence-corrected chi connectivity index (χ1v) is 5.71. The van der Waals surface area contributed by atoms with Crippen LogP contribution < -0.4 is 0 Å². The number of aromatic amines is 1. The molecule has 8 heteroatoms. The van der Waals surface area contributed by atoms with Crippen LogP contribution in [-0.2, 0) is 6.54 Å². The molecule has 2 nitrogen and oxygen atoms in total. The van der Waals surface area contributed by atoms with Crippen LogP contribution in [0.25, 0.3) is 11.0 Å². The van der Waals surface area contributed by atoms with Gasteiger partial charge in [0, 0.05) is 12.6 Å². The van der Waals surface area contributed by atoms with Gasteiger partial charge in [-0.1, -0.05) is 11.6 Å². The maximum Gasteiger partial charge on any atom is 0.390 e. The zero-order valence-electron chi connectivity index (χ0n) is 8.81. The third-order valence-electron chi connectivity index (χ3n) is 2.44. The molecule has 1 N–H and O–H groups in total. The molecule has 1 aromatic carbocycles. The SMILES string of the molecule is Fc1cc2[nH]c(=S)n(CCC(F)(F)F)c2cc1Cl. The number of H-pyrrole nitrogens is 1. The highest BCUT2D eigenvalue weighted by Gasteiger charge is 2.27. The molecular formula is C10H7ClF4N2S. The summed E-state index contributed by atoms with van der Waals surface area (Å²) in [6, 6.07) is 2.37. The van der Waals surface area contributed by atoms with Crippen LogP contribution in [0, 0.1) is 10.6 Å². The fourth-order valence-electron chi connectivity index (χ4n) is 1.61. The maximum absolute atomic E-state index is 13.2. The number of nitrogens with zero attached hydrogens (tertiary/aromatic N) is 1. The summed E-state index contributed by atoms with van der Waals surface area (Å²) in [5.41, 5.74) is 0.680. The van der Waals surface area contributed by atoms with Crippen molar-refractivity contribution >= 4 is 34.9 Å². The Hall–Kier alpha value is -1.08. The Labute approximate surface area is 109 Å². The lowest BCUT2D eigenvalue weighted by Crippen LogP contribution is -2.12. The van der Waals surface area contributed by atoms with Crippen LogP contribution in [-0.4, -0.2) is 15.7 Å². The van der Waals surface area contributed by atoms with Gasteiger partial charge in [0.1, 0.15) is 5.82 Å². The third-order valence-corrected chi connectivity index (χ3v) is 3.05. The fourth-order valence-corrected chi connectivity index (χ4v) is 2.07. The van der Waals surface area contributed by atoms with Gasteiger partial charge < -0.3 is 9.55 Å². The van der Waals surface area contributed by atoms with Crippen LogP contribution in [0.2, 0.25) is 5.02 Å². The van der Waals surface area contributed by atoms with E-state index >= 15 is 0 Å². The molecule has 0 saturated heterocycles. The van der Waals surface area contributed by atoms with Crippen LogP contribution in [0.1, 0.15) is 6.42 Å². The monoisotopic (exact) mass is 298 g/mol. The second-order valence-electron chi connectivity index (χ2n) is 3.73. The van der Waals surface area contributed by atoms with Crippen LogP contribution in [0.3, 0.4) is 0 Å². The van der Waals surface area contributed by atoms with E-state index in [-0.39, 0.29) is 16.3 Å². The van der Waals surface area contributed by atoms with E-state index in [0.717, 1.165) is 6.07 Å². The largest absolute Gasteiger partial charge is 0.390 e. The average Bonchev–Trinajstić information content (AvgIpc) is 2.51. The average molecular weight is 299 g/mol. The number of nitrogens with one attached hydrogen (secondary N) is 1. The Morgan fingerprint density at radius 3 is 2.61 bits per heavy atom. The Morgan fingerprint density at radius 1 is 1.33 bits per heavy atom. The van der Waals surface area contributed by atoms with E-state index < -0.39 is 18.4 Å². The van der Waals surface area contributed by atoms with Gasteiger partial charge in [0.15, 0.2) is 4.77 Å². The molecule has 0 unspecified atom stereocenters. The summed E-state index contributed by atoms with van der Waals surface area (Å²) >= 11 is 10.5. The highest BCUT2D eigenvalue weighted by atomic mass is 35.5. The van der Waals surface area contributed by atoms with Gasteiger partial charge in [-0.25, -0.2) is 4.39 Å². The van der Waals surface area contributed by atoms with E-state index in [1.165, 1.54) is 10.6 Å². The van der Waals surface area contributed by atoms with Gasteiger partial charge in [-0.15, -0.1) is 0 Å². The molecular weight excluding hydrogens is 292 g/mol. The van der Waals surface area contributed by atoms with Crippen molar-refractivity contribution in [3.63, 3.8) is 0 Å². The van der Waals surface area contributed by atoms with Crippen LogP contribution in [0.5, 0.6) is 0 Å². The lowest BCUT2D eigenvalue weighted by atomic mass is 10.3. The molecule has 0 atom stereocenters. The molecule has 18 heavy (non-hydrogen) atoms. The molecule has 0 saturated carbocycles. The minimum absolute atomic E-state index is 0.107. The van der Waals surface area contributed by atoms with E-state index in [1.807, 2.05) is 0 Å². The van der Waals surface area contributed by atoms with Crippen molar-refractivity contribution in [1.82, 2.24) is 9.55 Å². The van der Waals surface area contributed by atoms with Crippen LogP contribution in [0.15, 0.2) is 12.1 Å². The summed E-state index contributed by atoms with van der Waals surface area (Å²) in [6.45, 7) is -0.329. The van der Waals surface area contributed by atoms with Gasteiger partial charge in [-0.3, -0.25) is 0 Å². The predicted octanol–water partition coefficient (Wildman–Crippen LogP) is 4.44. The molecule has 0 amide bonds. The number of hydrogen-bond acceptors (Lipinski definition) is 1. The molecule has 0 aliphatic rings. The number of aromatic nitrogens is 2. The zero-order valence-corrected chi connectivity index (χ0v) is 10.4. The van der Waals surface area contributed by atoms with E-state index in [2.05, 4.69) is 4.98 Å². The quantitative estimate of drug-likeness (QED) is 0.642. The molecule has 0 aliphatic heterocycles. The Bertz CT molecular complexity index is 644. The maximum atomic E-state index is 13.2.